The number of benzene rings is 1. The Balaban J connectivity index is 1.77. The van der Waals surface area contributed by atoms with Crippen molar-refractivity contribution in [2.75, 3.05) is 13.2 Å². The van der Waals surface area contributed by atoms with Crippen molar-refractivity contribution in [3.63, 3.8) is 0 Å². The first kappa shape index (κ1) is 13.4. The summed E-state index contributed by atoms with van der Waals surface area (Å²) in [5.41, 5.74) is 7.08. The smallest absolute Gasteiger partial charge is 0.137 e. The Morgan fingerprint density at radius 3 is 2.53 bits per heavy atom. The lowest BCUT2D eigenvalue weighted by atomic mass is 9.77. The van der Waals surface area contributed by atoms with Crippen LogP contribution in [0.15, 0.2) is 23.1 Å². The molecule has 1 aromatic rings. The van der Waals surface area contributed by atoms with E-state index in [1.54, 1.807) is 17.8 Å². The molecular weight excluding hydrogens is 261 g/mol. The molecule has 2 aliphatic rings. The van der Waals surface area contributed by atoms with Crippen LogP contribution in [-0.4, -0.2) is 18.5 Å². The van der Waals surface area contributed by atoms with Crippen LogP contribution in [0.3, 0.4) is 0 Å². The van der Waals surface area contributed by atoms with E-state index in [1.165, 1.54) is 6.42 Å². The van der Waals surface area contributed by atoms with E-state index < -0.39 is 0 Å². The highest BCUT2D eigenvalue weighted by atomic mass is 32.2. The number of halogens is 1. The minimum absolute atomic E-state index is 0.134. The van der Waals surface area contributed by atoms with E-state index >= 15 is 0 Å². The molecule has 3 rings (SSSR count). The first-order valence-corrected chi connectivity index (χ1v) is 7.89. The third-order valence-corrected chi connectivity index (χ3v) is 5.34. The van der Waals surface area contributed by atoms with Crippen LogP contribution in [0.5, 0.6) is 0 Å². The summed E-state index contributed by atoms with van der Waals surface area (Å²) in [5.74, 6) is -0.134. The molecule has 0 amide bonds. The van der Waals surface area contributed by atoms with Gasteiger partial charge in [-0.1, -0.05) is 25.3 Å². The normalized spacial score (nSPS) is 23.1. The third-order valence-electron chi connectivity index (χ3n) is 4.15. The van der Waals surface area contributed by atoms with Crippen LogP contribution >= 0.6 is 11.8 Å². The fourth-order valence-corrected chi connectivity index (χ4v) is 3.84. The molecule has 19 heavy (non-hydrogen) atoms. The van der Waals surface area contributed by atoms with Gasteiger partial charge in [-0.2, -0.15) is 0 Å². The maximum Gasteiger partial charge on any atom is 0.137 e. The van der Waals surface area contributed by atoms with Gasteiger partial charge in [0, 0.05) is 10.4 Å². The minimum Gasteiger partial charge on any atom is -0.379 e. The Morgan fingerprint density at radius 1 is 1.21 bits per heavy atom. The van der Waals surface area contributed by atoms with Crippen molar-refractivity contribution in [2.24, 2.45) is 5.73 Å². The zero-order valence-corrected chi connectivity index (χ0v) is 11.8. The average molecular weight is 281 g/mol. The molecule has 1 saturated heterocycles. The Hall–Kier alpha value is -0.580. The Bertz CT molecular complexity index is 455. The molecule has 1 aliphatic carbocycles. The van der Waals surface area contributed by atoms with Crippen molar-refractivity contribution in [2.45, 2.75) is 47.8 Å². The van der Waals surface area contributed by atoms with Gasteiger partial charge in [0.25, 0.3) is 0 Å². The lowest BCUT2D eigenvalue weighted by Gasteiger charge is -2.34. The van der Waals surface area contributed by atoms with E-state index in [9.17, 15) is 4.39 Å². The highest BCUT2D eigenvalue weighted by molar-refractivity contribution is 8.00. The second kappa shape index (κ2) is 5.43. The zero-order chi connectivity index (χ0) is 13.3. The van der Waals surface area contributed by atoms with Crippen LogP contribution in [0.4, 0.5) is 4.39 Å². The fourth-order valence-electron chi connectivity index (χ4n) is 2.84. The van der Waals surface area contributed by atoms with Gasteiger partial charge < -0.3 is 10.5 Å². The van der Waals surface area contributed by atoms with E-state index in [0.717, 1.165) is 49.4 Å². The van der Waals surface area contributed by atoms with Crippen LogP contribution in [0.2, 0.25) is 0 Å². The van der Waals surface area contributed by atoms with Gasteiger partial charge >= 0.3 is 0 Å². The average Bonchev–Trinajstić information content (AvgIpc) is 2.36. The van der Waals surface area contributed by atoms with Crippen LogP contribution in [0.1, 0.15) is 37.7 Å². The van der Waals surface area contributed by atoms with Crippen molar-refractivity contribution in [1.29, 1.82) is 0 Å². The first-order chi connectivity index (χ1) is 9.17. The largest absolute Gasteiger partial charge is 0.379 e. The van der Waals surface area contributed by atoms with E-state index in [2.05, 4.69) is 0 Å². The van der Waals surface area contributed by atoms with Gasteiger partial charge in [-0.05, 0) is 30.5 Å². The molecule has 1 heterocycles. The predicted octanol–water partition coefficient (Wildman–Crippen LogP) is 3.43. The van der Waals surface area contributed by atoms with Crippen molar-refractivity contribution >= 4 is 11.8 Å². The Kier molecular flexibility index (Phi) is 3.83. The van der Waals surface area contributed by atoms with E-state index in [0.29, 0.717) is 5.25 Å². The van der Waals surface area contributed by atoms with E-state index in [1.807, 2.05) is 12.1 Å². The Morgan fingerprint density at radius 2 is 1.95 bits per heavy atom. The number of ether oxygens (including phenoxy) is 1. The monoisotopic (exact) mass is 281 g/mol. The summed E-state index contributed by atoms with van der Waals surface area (Å²) in [7, 11) is 0. The summed E-state index contributed by atoms with van der Waals surface area (Å²) in [6, 6.07) is 5.54. The maximum absolute atomic E-state index is 14.2. The van der Waals surface area contributed by atoms with Crippen molar-refractivity contribution in [3.05, 3.63) is 29.6 Å². The summed E-state index contributed by atoms with van der Waals surface area (Å²) < 4.78 is 19.3. The number of rotatable bonds is 3. The summed E-state index contributed by atoms with van der Waals surface area (Å²) in [5, 5.41) is 0.405. The second-order valence-electron chi connectivity index (χ2n) is 5.64. The minimum atomic E-state index is -0.318. The number of hydrogen-bond acceptors (Lipinski definition) is 3. The molecule has 1 saturated carbocycles. The maximum atomic E-state index is 14.2. The predicted molar refractivity (Wildman–Crippen MR) is 75.8 cm³/mol. The SMILES string of the molecule is NC1(c2ccc(SC3COC3)c(F)c2)CCCCC1. The number of nitrogens with two attached hydrogens (primary N) is 1. The lowest BCUT2D eigenvalue weighted by Crippen LogP contribution is -2.38. The van der Waals surface area contributed by atoms with Gasteiger partial charge in [0.1, 0.15) is 5.82 Å². The second-order valence-corrected chi connectivity index (χ2v) is 6.98. The molecule has 2 N–H and O–H groups in total. The fraction of sp³-hybridized carbons (Fsp3) is 0.600. The van der Waals surface area contributed by atoms with Gasteiger partial charge in [-0.3, -0.25) is 0 Å². The summed E-state index contributed by atoms with van der Waals surface area (Å²) in [6.45, 7) is 1.46. The van der Waals surface area contributed by atoms with Gasteiger partial charge in [0.05, 0.1) is 18.5 Å². The highest BCUT2D eigenvalue weighted by Gasteiger charge is 2.30. The van der Waals surface area contributed by atoms with E-state index in [-0.39, 0.29) is 11.4 Å². The molecule has 0 spiro atoms. The number of thioether (sulfide) groups is 1. The highest BCUT2D eigenvalue weighted by Crippen LogP contribution is 2.37. The van der Waals surface area contributed by atoms with Crippen LogP contribution < -0.4 is 5.73 Å². The molecule has 2 nitrogen and oxygen atoms in total. The van der Waals surface area contributed by atoms with Crippen LogP contribution in [0, 0.1) is 5.82 Å². The van der Waals surface area contributed by atoms with Gasteiger partial charge in [-0.15, -0.1) is 11.8 Å². The molecule has 0 bridgehead atoms. The molecule has 104 valence electrons. The van der Waals surface area contributed by atoms with Gasteiger partial charge in [0.2, 0.25) is 0 Å². The van der Waals surface area contributed by atoms with Crippen molar-refractivity contribution in [3.8, 4) is 0 Å². The van der Waals surface area contributed by atoms with Gasteiger partial charge in [-0.25, -0.2) is 4.39 Å². The Labute approximate surface area is 117 Å². The molecule has 1 aromatic carbocycles. The summed E-state index contributed by atoms with van der Waals surface area (Å²) >= 11 is 1.57. The van der Waals surface area contributed by atoms with Crippen molar-refractivity contribution in [1.82, 2.24) is 0 Å². The molecule has 0 radical (unpaired) electrons. The number of hydrogen-bond donors (Lipinski definition) is 1. The van der Waals surface area contributed by atoms with E-state index in [4.69, 9.17) is 10.5 Å². The van der Waals surface area contributed by atoms with Crippen molar-refractivity contribution < 1.29 is 9.13 Å². The molecule has 0 aromatic heterocycles. The van der Waals surface area contributed by atoms with Crippen LogP contribution in [-0.2, 0) is 10.3 Å². The zero-order valence-electron chi connectivity index (χ0n) is 11.0. The molecular formula is C15H20FNOS. The first-order valence-electron chi connectivity index (χ1n) is 7.01. The van der Waals surface area contributed by atoms with Gasteiger partial charge in [0.15, 0.2) is 0 Å². The topological polar surface area (TPSA) is 35.2 Å². The molecule has 1 aliphatic heterocycles. The molecule has 0 unspecified atom stereocenters. The molecule has 2 fully saturated rings. The summed E-state index contributed by atoms with van der Waals surface area (Å²) in [4.78, 5) is 0.719. The molecule has 4 heteroatoms. The third kappa shape index (κ3) is 2.81. The lowest BCUT2D eigenvalue weighted by molar-refractivity contribution is 0.0455. The van der Waals surface area contributed by atoms with Crippen LogP contribution in [0.25, 0.3) is 0 Å². The standard InChI is InChI=1S/C15H20FNOS/c16-13-8-11(15(17)6-2-1-3-7-15)4-5-14(13)19-12-9-18-10-12/h4-5,8,12H,1-3,6-7,9-10,17H2. The summed E-state index contributed by atoms with van der Waals surface area (Å²) in [6.07, 6.45) is 5.48. The molecule has 0 atom stereocenters. The quantitative estimate of drug-likeness (QED) is 0.922.